The van der Waals surface area contributed by atoms with Crippen molar-refractivity contribution in [2.24, 2.45) is 34.5 Å². The molecule has 1 N–H and O–H groups in total. The first-order valence-electron chi connectivity index (χ1n) is 16.3. The Hall–Kier alpha value is -2.54. The number of nitrogens with zero attached hydrogens (tertiary/aromatic N) is 1. The predicted molar refractivity (Wildman–Crippen MR) is 164 cm³/mol. The first-order valence-corrected chi connectivity index (χ1v) is 16.3. The van der Waals surface area contributed by atoms with Crippen molar-refractivity contribution in [3.05, 3.63) is 42.0 Å². The van der Waals surface area contributed by atoms with Crippen molar-refractivity contribution >= 4 is 11.9 Å². The fourth-order valence-electron chi connectivity index (χ4n) is 11.9. The Morgan fingerprint density at radius 2 is 1.74 bits per heavy atom. The zero-order valence-electron chi connectivity index (χ0n) is 27.8. The lowest BCUT2D eigenvalue weighted by molar-refractivity contribution is -0.276. The van der Waals surface area contributed by atoms with Gasteiger partial charge in [-0.25, -0.2) is 4.79 Å². The molecule has 0 aromatic heterocycles. The van der Waals surface area contributed by atoms with E-state index in [9.17, 15) is 14.7 Å². The van der Waals surface area contributed by atoms with Crippen LogP contribution in [0.15, 0.2) is 36.4 Å². The van der Waals surface area contributed by atoms with E-state index in [-0.39, 0.29) is 48.8 Å². The Bertz CT molecular complexity index is 1400. The molecule has 1 saturated heterocycles. The third kappa shape index (κ3) is 3.81. The summed E-state index contributed by atoms with van der Waals surface area (Å²) in [5, 5.41) is 12.8. The molecule has 1 heterocycles. The minimum Gasteiger partial charge on any atom is -0.497 e. The van der Waals surface area contributed by atoms with Crippen LogP contribution in [0.1, 0.15) is 37.0 Å². The standard InChI is InChI=1S/C35H47NO10/c1-8-36-17-32(18-40-3)14-13-23(42-5)35-22-15-33(39)24(43-6)16-34(46-19(2)37,26(29(35)36)27(44-7)28(32)35)25(22)30(33)45-31(38)20-9-11-21(41-4)12-10-20/h9-14,22-30,39H,8,15-18H2,1-7H3/t22-,23?,24+,25-,26+,27+,28-,29-,30-,32+,33-,34-,35+/m1/s1. The number of hydrogen-bond acceptors (Lipinski definition) is 11. The van der Waals surface area contributed by atoms with E-state index in [1.165, 1.54) is 6.92 Å². The summed E-state index contributed by atoms with van der Waals surface area (Å²) in [7, 11) is 8.31. The molecule has 0 amide bonds. The van der Waals surface area contributed by atoms with Crippen LogP contribution in [0.5, 0.6) is 5.75 Å². The van der Waals surface area contributed by atoms with Crippen molar-refractivity contribution in [3.63, 3.8) is 0 Å². The molecule has 7 bridgehead atoms. The van der Waals surface area contributed by atoms with E-state index in [1.807, 2.05) is 0 Å². The van der Waals surface area contributed by atoms with Gasteiger partial charge in [-0.1, -0.05) is 19.1 Å². The molecule has 7 rings (SSSR count). The van der Waals surface area contributed by atoms with E-state index in [2.05, 4.69) is 24.0 Å². The minimum absolute atomic E-state index is 0.0815. The van der Waals surface area contributed by atoms with Crippen molar-refractivity contribution < 1.29 is 47.9 Å². The first kappa shape index (κ1) is 32.0. The van der Waals surface area contributed by atoms with E-state index < -0.39 is 52.1 Å². The highest BCUT2D eigenvalue weighted by Crippen LogP contribution is 2.79. The highest BCUT2D eigenvalue weighted by atomic mass is 16.6. The Kier molecular flexibility index (Phi) is 7.66. The molecular weight excluding hydrogens is 594 g/mol. The van der Waals surface area contributed by atoms with Crippen LogP contribution in [0.2, 0.25) is 0 Å². The van der Waals surface area contributed by atoms with Gasteiger partial charge in [0.1, 0.15) is 23.1 Å². The second-order valence-corrected chi connectivity index (χ2v) is 14.3. The van der Waals surface area contributed by atoms with Gasteiger partial charge in [0, 0.05) is 83.0 Å². The number of carbonyl (C=O) groups is 2. The van der Waals surface area contributed by atoms with Crippen LogP contribution in [-0.2, 0) is 33.2 Å². The molecule has 4 saturated carbocycles. The molecule has 1 aliphatic heterocycles. The number of esters is 2. The number of hydrogen-bond donors (Lipinski definition) is 1. The lowest BCUT2D eigenvalue weighted by atomic mass is 9.44. The van der Waals surface area contributed by atoms with E-state index in [1.54, 1.807) is 59.8 Å². The number of ether oxygens (including phenoxy) is 7. The molecule has 6 aliphatic rings. The first-order chi connectivity index (χ1) is 22.1. The fraction of sp³-hybridized carbons (Fsp3) is 0.714. The summed E-state index contributed by atoms with van der Waals surface area (Å²) < 4.78 is 43.3. The van der Waals surface area contributed by atoms with Crippen LogP contribution in [0.25, 0.3) is 0 Å². The van der Waals surface area contributed by atoms with E-state index in [0.717, 1.165) is 13.1 Å². The van der Waals surface area contributed by atoms with Crippen LogP contribution in [0.4, 0.5) is 0 Å². The molecule has 11 nitrogen and oxygen atoms in total. The van der Waals surface area contributed by atoms with Gasteiger partial charge in [0.25, 0.3) is 0 Å². The zero-order valence-corrected chi connectivity index (χ0v) is 27.8. The summed E-state index contributed by atoms with van der Waals surface area (Å²) in [6.45, 7) is 5.56. The van der Waals surface area contributed by atoms with Gasteiger partial charge >= 0.3 is 11.9 Å². The van der Waals surface area contributed by atoms with E-state index in [0.29, 0.717) is 17.9 Å². The molecule has 5 fully saturated rings. The Morgan fingerprint density at radius 3 is 2.33 bits per heavy atom. The van der Waals surface area contributed by atoms with Gasteiger partial charge in [-0.2, -0.15) is 0 Å². The molecule has 11 heteroatoms. The van der Waals surface area contributed by atoms with E-state index >= 15 is 0 Å². The number of likely N-dealkylation sites (tertiary alicyclic amines) is 1. The van der Waals surface area contributed by atoms with Crippen molar-refractivity contribution in [1.29, 1.82) is 0 Å². The molecule has 1 spiro atoms. The summed E-state index contributed by atoms with van der Waals surface area (Å²) >= 11 is 0. The minimum atomic E-state index is -1.54. The van der Waals surface area contributed by atoms with Crippen LogP contribution in [-0.4, -0.2) is 119 Å². The SMILES string of the molecule is CCN1C[C@]2(COC)C=CC(OC)[C@@]34[C@@H]5C[C@@]6(O)[C@@H](OC)C[C@@](OC(C)=O)([C@H]5[C@H]6OC(=O)c5ccc(OC)cc5)[C@@H]([C@H](OC)[C@H]23)[C@@H]14. The normalized spacial score (nSPS) is 46.2. The molecule has 46 heavy (non-hydrogen) atoms. The van der Waals surface area contributed by atoms with Crippen LogP contribution >= 0.6 is 0 Å². The highest BCUT2D eigenvalue weighted by Gasteiger charge is 2.89. The third-order valence-electron chi connectivity index (χ3n) is 12.8. The number of fused-ring (bicyclic) bond motifs is 2. The molecule has 1 unspecified atom stereocenters. The molecule has 1 aromatic rings. The Labute approximate surface area is 270 Å². The fourth-order valence-corrected chi connectivity index (χ4v) is 11.9. The maximum atomic E-state index is 13.9. The summed E-state index contributed by atoms with van der Waals surface area (Å²) in [6.07, 6.45) is 2.50. The zero-order chi connectivity index (χ0) is 32.8. The van der Waals surface area contributed by atoms with Gasteiger partial charge in [0.15, 0.2) is 0 Å². The number of methoxy groups -OCH3 is 5. The summed E-state index contributed by atoms with van der Waals surface area (Å²) in [6, 6.07) is 6.58. The van der Waals surface area contributed by atoms with Crippen molar-refractivity contribution in [1.82, 2.24) is 4.90 Å². The summed E-state index contributed by atoms with van der Waals surface area (Å²) in [5.74, 6) is -1.63. The number of aliphatic hydroxyl groups is 1. The molecule has 5 aliphatic carbocycles. The van der Waals surface area contributed by atoms with Crippen molar-refractivity contribution in [2.75, 3.05) is 55.2 Å². The number of benzene rings is 1. The average molecular weight is 642 g/mol. The second kappa shape index (κ2) is 11.0. The number of piperidine rings is 1. The van der Waals surface area contributed by atoms with Crippen LogP contribution < -0.4 is 4.74 Å². The van der Waals surface area contributed by atoms with E-state index in [4.69, 9.17) is 33.2 Å². The van der Waals surface area contributed by atoms with Gasteiger partial charge in [-0.15, -0.1) is 0 Å². The monoisotopic (exact) mass is 641 g/mol. The summed E-state index contributed by atoms with van der Waals surface area (Å²) in [5.41, 5.74) is -3.36. The van der Waals surface area contributed by atoms with Crippen LogP contribution in [0, 0.1) is 34.5 Å². The van der Waals surface area contributed by atoms with Crippen LogP contribution in [0.3, 0.4) is 0 Å². The largest absolute Gasteiger partial charge is 0.497 e. The molecule has 13 atom stereocenters. The molecule has 0 radical (unpaired) electrons. The third-order valence-corrected chi connectivity index (χ3v) is 12.8. The molecule has 1 aromatic carbocycles. The van der Waals surface area contributed by atoms with Crippen molar-refractivity contribution in [2.45, 2.75) is 68.3 Å². The van der Waals surface area contributed by atoms with Gasteiger partial charge in [0.05, 0.1) is 37.6 Å². The quantitative estimate of drug-likeness (QED) is 0.300. The number of carbonyl (C=O) groups excluding carboxylic acids is 2. The number of rotatable bonds is 10. The van der Waals surface area contributed by atoms with Gasteiger partial charge in [-0.05, 0) is 43.1 Å². The highest BCUT2D eigenvalue weighted by molar-refractivity contribution is 5.89. The van der Waals surface area contributed by atoms with Gasteiger partial charge in [0.2, 0.25) is 0 Å². The van der Waals surface area contributed by atoms with Gasteiger partial charge < -0.3 is 38.3 Å². The second-order valence-electron chi connectivity index (χ2n) is 14.3. The average Bonchev–Trinajstić information content (AvgIpc) is 3.42. The maximum Gasteiger partial charge on any atom is 0.338 e. The van der Waals surface area contributed by atoms with Gasteiger partial charge in [-0.3, -0.25) is 9.69 Å². The maximum absolute atomic E-state index is 13.9. The molecule has 252 valence electrons. The topological polar surface area (TPSA) is 122 Å². The smallest absolute Gasteiger partial charge is 0.338 e. The lowest BCUT2D eigenvalue weighted by Gasteiger charge is -2.67. The van der Waals surface area contributed by atoms with Crippen molar-refractivity contribution in [3.8, 4) is 5.75 Å². The molecular formula is C35H47NO10. The predicted octanol–water partition coefficient (Wildman–Crippen LogP) is 2.49. The lowest BCUT2D eigenvalue weighted by Crippen LogP contribution is -2.76. The summed E-state index contributed by atoms with van der Waals surface area (Å²) in [4.78, 5) is 29.6. The Balaban J connectivity index is 1.46. The Morgan fingerprint density at radius 1 is 1.00 bits per heavy atom.